The van der Waals surface area contributed by atoms with E-state index in [9.17, 15) is 0 Å². The molecule has 1 aliphatic carbocycles. The van der Waals surface area contributed by atoms with Crippen molar-refractivity contribution in [3.05, 3.63) is 0 Å². The van der Waals surface area contributed by atoms with E-state index < -0.39 is 0 Å². The van der Waals surface area contributed by atoms with Gasteiger partial charge in [0.15, 0.2) is 0 Å². The van der Waals surface area contributed by atoms with E-state index in [1.807, 2.05) is 0 Å². The van der Waals surface area contributed by atoms with Gasteiger partial charge in [-0.15, -0.1) is 0 Å². The highest BCUT2D eigenvalue weighted by atomic mass is 14.3. The highest BCUT2D eigenvalue weighted by Gasteiger charge is 2.28. The van der Waals surface area contributed by atoms with E-state index in [0.717, 1.165) is 23.6 Å². The molecule has 2 fully saturated rings. The first kappa shape index (κ1) is 11.5. The second kappa shape index (κ2) is 5.41. The SMILES string of the molecule is CC[C@H]1CBC2CC[C@@H](CC(C)CC1)C2. The summed E-state index contributed by atoms with van der Waals surface area (Å²) in [6, 6.07) is 0. The average molecular weight is 206 g/mol. The average Bonchev–Trinajstić information content (AvgIpc) is 2.65. The van der Waals surface area contributed by atoms with Crippen LogP contribution in [0.3, 0.4) is 0 Å². The van der Waals surface area contributed by atoms with Crippen LogP contribution < -0.4 is 0 Å². The topological polar surface area (TPSA) is 0 Å². The van der Waals surface area contributed by atoms with Crippen LogP contribution in [0.15, 0.2) is 0 Å². The van der Waals surface area contributed by atoms with E-state index in [2.05, 4.69) is 13.8 Å². The Hall–Kier alpha value is 0.0649. The third-order valence-electron chi connectivity index (χ3n) is 5.01. The van der Waals surface area contributed by atoms with Crippen LogP contribution in [0.4, 0.5) is 0 Å². The minimum atomic E-state index is 1.00. The molecule has 1 heterocycles. The molecule has 2 bridgehead atoms. The van der Waals surface area contributed by atoms with E-state index in [0.29, 0.717) is 0 Å². The fourth-order valence-corrected chi connectivity index (χ4v) is 3.89. The van der Waals surface area contributed by atoms with Crippen molar-refractivity contribution in [3.63, 3.8) is 0 Å². The van der Waals surface area contributed by atoms with Gasteiger partial charge in [0, 0.05) is 0 Å². The minimum absolute atomic E-state index is 1.00. The van der Waals surface area contributed by atoms with Gasteiger partial charge in [0.25, 0.3) is 0 Å². The highest BCUT2D eigenvalue weighted by molar-refractivity contribution is 6.37. The Labute approximate surface area is 96.5 Å². The van der Waals surface area contributed by atoms with E-state index >= 15 is 0 Å². The van der Waals surface area contributed by atoms with E-state index in [1.165, 1.54) is 32.0 Å². The summed E-state index contributed by atoms with van der Waals surface area (Å²) in [7, 11) is 1.55. The van der Waals surface area contributed by atoms with Crippen LogP contribution in [0.25, 0.3) is 0 Å². The summed E-state index contributed by atoms with van der Waals surface area (Å²) < 4.78 is 0. The van der Waals surface area contributed by atoms with Gasteiger partial charge >= 0.3 is 0 Å². The van der Waals surface area contributed by atoms with Gasteiger partial charge in [-0.05, 0) is 24.2 Å². The van der Waals surface area contributed by atoms with Crippen LogP contribution in [0.2, 0.25) is 12.1 Å². The zero-order valence-corrected chi connectivity index (χ0v) is 10.7. The van der Waals surface area contributed by atoms with E-state index in [1.54, 1.807) is 26.5 Å². The molecule has 0 spiro atoms. The fourth-order valence-electron chi connectivity index (χ4n) is 3.89. The second-order valence-electron chi connectivity index (χ2n) is 6.31. The van der Waals surface area contributed by atoms with Gasteiger partial charge in [0.2, 0.25) is 0 Å². The van der Waals surface area contributed by atoms with E-state index in [-0.39, 0.29) is 0 Å². The van der Waals surface area contributed by atoms with Gasteiger partial charge in [-0.1, -0.05) is 64.5 Å². The zero-order valence-electron chi connectivity index (χ0n) is 10.7. The van der Waals surface area contributed by atoms with Crippen LogP contribution >= 0.6 is 0 Å². The van der Waals surface area contributed by atoms with Gasteiger partial charge in [-0.25, -0.2) is 0 Å². The zero-order chi connectivity index (χ0) is 10.7. The molecule has 1 saturated heterocycles. The predicted octanol–water partition coefficient (Wildman–Crippen LogP) is 4.28. The third kappa shape index (κ3) is 3.26. The standard InChI is InChI=1S/C14H27B/c1-3-12-5-4-11(2)8-13-6-7-14(9-13)15-10-12/h11-15H,3-10H2,1-2H3/t11?,12-,13+,14?/m1/s1. The number of rotatable bonds is 1. The van der Waals surface area contributed by atoms with Crippen molar-refractivity contribution in [1.29, 1.82) is 0 Å². The predicted molar refractivity (Wildman–Crippen MR) is 69.8 cm³/mol. The first-order valence-corrected chi connectivity index (χ1v) is 7.28. The summed E-state index contributed by atoms with van der Waals surface area (Å²) in [5.41, 5.74) is 0. The van der Waals surface area contributed by atoms with Crippen molar-refractivity contribution in [1.82, 2.24) is 0 Å². The Kier molecular flexibility index (Phi) is 4.17. The fraction of sp³-hybridized carbons (Fsp3) is 1.00. The van der Waals surface area contributed by atoms with Crippen molar-refractivity contribution in [3.8, 4) is 0 Å². The van der Waals surface area contributed by atoms with Crippen molar-refractivity contribution in [2.75, 3.05) is 0 Å². The van der Waals surface area contributed by atoms with Crippen LogP contribution in [0, 0.1) is 17.8 Å². The monoisotopic (exact) mass is 206 g/mol. The molecule has 2 aliphatic rings. The molecule has 1 heteroatoms. The normalized spacial score (nSPS) is 42.3. The molecule has 2 unspecified atom stereocenters. The van der Waals surface area contributed by atoms with Crippen LogP contribution in [0.1, 0.15) is 58.8 Å². The number of hydrogen-bond donors (Lipinski definition) is 0. The molecule has 0 amide bonds. The van der Waals surface area contributed by atoms with Crippen molar-refractivity contribution >= 4 is 7.28 Å². The van der Waals surface area contributed by atoms with Crippen LogP contribution in [-0.2, 0) is 0 Å². The smallest absolute Gasteiger partial charge is 0.0744 e. The maximum absolute atomic E-state index is 2.49. The molecule has 0 radical (unpaired) electrons. The largest absolute Gasteiger partial charge is 0.124 e. The lowest BCUT2D eigenvalue weighted by Gasteiger charge is -2.23. The first-order chi connectivity index (χ1) is 7.28. The molecule has 0 aromatic heterocycles. The molecular formula is C14H27B. The summed E-state index contributed by atoms with van der Waals surface area (Å²) >= 11 is 0. The Bertz CT molecular complexity index is 190. The summed E-state index contributed by atoms with van der Waals surface area (Å²) in [4.78, 5) is 0. The number of hydrogen-bond acceptors (Lipinski definition) is 0. The molecule has 1 aliphatic heterocycles. The lowest BCUT2D eigenvalue weighted by molar-refractivity contribution is 0.343. The molecule has 15 heavy (non-hydrogen) atoms. The lowest BCUT2D eigenvalue weighted by atomic mass is 9.57. The molecular weight excluding hydrogens is 179 g/mol. The quantitative estimate of drug-likeness (QED) is 0.562. The second-order valence-corrected chi connectivity index (χ2v) is 6.31. The van der Waals surface area contributed by atoms with Gasteiger partial charge in [-0.2, -0.15) is 0 Å². The number of fused-ring (bicyclic) bond motifs is 2. The molecule has 0 N–H and O–H groups in total. The molecule has 2 rings (SSSR count). The van der Waals surface area contributed by atoms with E-state index in [4.69, 9.17) is 0 Å². The Morgan fingerprint density at radius 1 is 1.07 bits per heavy atom. The van der Waals surface area contributed by atoms with Crippen molar-refractivity contribution in [2.45, 2.75) is 70.9 Å². The first-order valence-electron chi connectivity index (χ1n) is 7.28. The van der Waals surface area contributed by atoms with Gasteiger partial charge in [0.1, 0.15) is 7.28 Å². The molecule has 1 saturated carbocycles. The summed E-state index contributed by atoms with van der Waals surface area (Å²) in [5, 5.41) is 0. The summed E-state index contributed by atoms with van der Waals surface area (Å²) in [5.74, 6) is 4.25. The third-order valence-corrected chi connectivity index (χ3v) is 5.01. The molecule has 4 atom stereocenters. The minimum Gasteiger partial charge on any atom is -0.0744 e. The van der Waals surface area contributed by atoms with Crippen molar-refractivity contribution in [2.24, 2.45) is 17.8 Å². The Morgan fingerprint density at radius 3 is 2.73 bits per heavy atom. The lowest BCUT2D eigenvalue weighted by Crippen LogP contribution is -2.12. The van der Waals surface area contributed by atoms with Crippen molar-refractivity contribution < 1.29 is 0 Å². The van der Waals surface area contributed by atoms with Crippen LogP contribution in [0.5, 0.6) is 0 Å². The van der Waals surface area contributed by atoms with Gasteiger partial charge < -0.3 is 0 Å². The summed E-state index contributed by atoms with van der Waals surface area (Å²) in [6.45, 7) is 4.88. The van der Waals surface area contributed by atoms with Crippen LogP contribution in [-0.4, -0.2) is 7.28 Å². The Balaban J connectivity index is 1.91. The van der Waals surface area contributed by atoms with Gasteiger partial charge in [-0.3, -0.25) is 0 Å². The molecule has 0 aromatic rings. The van der Waals surface area contributed by atoms with Gasteiger partial charge in [0.05, 0.1) is 0 Å². The molecule has 0 nitrogen and oxygen atoms in total. The maximum atomic E-state index is 2.49. The maximum Gasteiger partial charge on any atom is 0.124 e. The molecule has 86 valence electrons. The molecule has 0 aromatic carbocycles. The Morgan fingerprint density at radius 2 is 1.93 bits per heavy atom. The summed E-state index contributed by atoms with van der Waals surface area (Å²) in [6.07, 6.45) is 12.2. The highest BCUT2D eigenvalue weighted by Crippen LogP contribution is 2.41.